The van der Waals surface area contributed by atoms with E-state index in [9.17, 15) is 28.8 Å². The smallest absolute Gasteiger partial charge is 0.320 e. The van der Waals surface area contributed by atoms with Gasteiger partial charge in [-0.3, -0.25) is 39.1 Å². The van der Waals surface area contributed by atoms with Crippen LogP contribution >= 0.6 is 0 Å². The van der Waals surface area contributed by atoms with E-state index in [-0.39, 0.29) is 48.0 Å². The Labute approximate surface area is 340 Å². The summed E-state index contributed by atoms with van der Waals surface area (Å²) in [6.45, 7) is 5.74. The molecular weight excluding hydrogens is 757 g/mol. The van der Waals surface area contributed by atoms with Crippen LogP contribution in [0.25, 0.3) is 0 Å². The summed E-state index contributed by atoms with van der Waals surface area (Å²) in [7, 11) is 1.83. The van der Waals surface area contributed by atoms with E-state index in [2.05, 4.69) is 47.7 Å². The zero-order valence-corrected chi connectivity index (χ0v) is 32.7. The molecule has 0 spiro atoms. The van der Waals surface area contributed by atoms with Crippen molar-refractivity contribution in [2.75, 3.05) is 68.0 Å². The number of carbonyl (C=O) groups is 6. The van der Waals surface area contributed by atoms with E-state index < -0.39 is 35.6 Å². The summed E-state index contributed by atoms with van der Waals surface area (Å²) in [5.74, 6) is -1.22. The molecule has 7 aliphatic rings. The zero-order valence-electron chi connectivity index (χ0n) is 32.7. The largest absolute Gasteiger partial charge is 0.368 e. The van der Waals surface area contributed by atoms with Crippen molar-refractivity contribution in [1.29, 1.82) is 0 Å². The number of nitrogens with one attached hydrogen (secondary N) is 2. The minimum atomic E-state index is -0.983. The van der Waals surface area contributed by atoms with Crippen LogP contribution in [0.2, 0.25) is 0 Å². The van der Waals surface area contributed by atoms with Crippen LogP contribution in [0.5, 0.6) is 0 Å². The number of hydrogen-bond donors (Lipinski definition) is 3. The molecule has 4 N–H and O–H groups in total. The van der Waals surface area contributed by atoms with Gasteiger partial charge in [-0.2, -0.15) is 4.98 Å². The number of urea groups is 1. The average Bonchev–Trinajstić information content (AvgIpc) is 3.97. The molecule has 306 valence electrons. The first kappa shape index (κ1) is 37.1. The number of imide groups is 2. The van der Waals surface area contributed by atoms with Crippen LogP contribution in [0, 0.1) is 5.92 Å². The number of anilines is 4. The summed E-state index contributed by atoms with van der Waals surface area (Å²) in [5.41, 5.74) is 9.11. The Morgan fingerprint density at radius 3 is 2.24 bits per heavy atom. The van der Waals surface area contributed by atoms with Gasteiger partial charge in [0.2, 0.25) is 17.8 Å². The summed E-state index contributed by atoms with van der Waals surface area (Å²) >= 11 is 0. The second-order valence-corrected chi connectivity index (χ2v) is 17.0. The summed E-state index contributed by atoms with van der Waals surface area (Å²) in [5, 5.41) is 14.0. The molecule has 7 heterocycles. The third-order valence-corrected chi connectivity index (χ3v) is 13.6. The molecule has 59 heavy (non-hydrogen) atoms. The molecule has 4 atom stereocenters. The molecule has 2 aromatic carbocycles. The van der Waals surface area contributed by atoms with Crippen molar-refractivity contribution in [3.63, 3.8) is 0 Å². The molecule has 6 fully saturated rings. The van der Waals surface area contributed by atoms with Crippen LogP contribution in [0.3, 0.4) is 0 Å². The van der Waals surface area contributed by atoms with Crippen LogP contribution in [0.15, 0.2) is 42.5 Å². The number of hydrogen-bond acceptors (Lipinski definition) is 13. The molecule has 18 heteroatoms. The third kappa shape index (κ3) is 6.40. The molecule has 18 nitrogen and oxygen atoms in total. The topological polar surface area (TPSA) is 211 Å². The highest BCUT2D eigenvalue weighted by Gasteiger charge is 2.51. The highest BCUT2D eigenvalue weighted by molar-refractivity contribution is 6.23. The monoisotopic (exact) mass is 802 g/mol. The molecule has 6 aliphatic heterocycles. The van der Waals surface area contributed by atoms with E-state index in [1.54, 1.807) is 17.0 Å². The van der Waals surface area contributed by atoms with Gasteiger partial charge in [-0.1, -0.05) is 12.1 Å². The lowest BCUT2D eigenvalue weighted by Crippen LogP contribution is -2.60. The van der Waals surface area contributed by atoms with E-state index in [0.29, 0.717) is 35.9 Å². The number of carbonyl (C=O) groups excluding carboxylic acids is 6. The van der Waals surface area contributed by atoms with E-state index in [1.807, 2.05) is 30.1 Å². The van der Waals surface area contributed by atoms with Crippen molar-refractivity contribution in [2.24, 2.45) is 11.7 Å². The fraction of sp³-hybridized carbons (Fsp3) is 0.488. The lowest BCUT2D eigenvalue weighted by atomic mass is 9.88. The molecule has 1 saturated carbocycles. The number of nitrogens with zero attached hydrogens (tertiary/aromatic N) is 9. The number of nitrogens with two attached hydrogens (primary N) is 1. The Morgan fingerprint density at radius 2 is 1.56 bits per heavy atom. The number of rotatable bonds is 9. The normalized spacial score (nSPS) is 26.3. The van der Waals surface area contributed by atoms with Crippen molar-refractivity contribution in [3.8, 4) is 0 Å². The number of piperidine rings is 3. The van der Waals surface area contributed by atoms with Crippen LogP contribution in [-0.2, 0) is 9.59 Å². The third-order valence-electron chi connectivity index (χ3n) is 13.6. The summed E-state index contributed by atoms with van der Waals surface area (Å²) in [6, 6.07) is 13.1. The number of likely N-dealkylation sites (N-methyl/N-ethyl adjacent to an activating group) is 1. The van der Waals surface area contributed by atoms with Gasteiger partial charge in [-0.25, -0.2) is 4.79 Å². The Kier molecular flexibility index (Phi) is 8.99. The molecule has 5 saturated heterocycles. The van der Waals surface area contributed by atoms with E-state index in [4.69, 9.17) is 10.7 Å². The molecule has 4 unspecified atom stereocenters. The standard InChI is InChI=1S/C41H46N12O6/c1-48-14-15-51(41(48)59)31-16-22-17-32(31)52(19-22)40-45-36(34(35(42)55)46-47-40)43-25-4-2-23(3-5-25)24-10-12-49(13-11-24)27-20-50(21-27)26-6-7-28-29(18-26)39(58)53(38(28)57)30-8-9-33(54)44-37(30)56/h2-7,18,22,24,27,30-32H,8-17,19-21H2,1H3,(H2,42,55)(H,43,45,47)(H,44,54,56). The van der Waals surface area contributed by atoms with Crippen molar-refractivity contribution in [2.45, 2.75) is 68.6 Å². The van der Waals surface area contributed by atoms with Gasteiger partial charge in [-0.05, 0) is 92.9 Å². The highest BCUT2D eigenvalue weighted by Crippen LogP contribution is 2.43. The van der Waals surface area contributed by atoms with Crippen molar-refractivity contribution in [1.82, 2.24) is 40.1 Å². The Bertz CT molecular complexity index is 2270. The molecular formula is C41H46N12O6. The first-order chi connectivity index (χ1) is 28.5. The number of amides is 7. The second-order valence-electron chi connectivity index (χ2n) is 17.0. The predicted octanol–water partition coefficient (Wildman–Crippen LogP) is 1.52. The summed E-state index contributed by atoms with van der Waals surface area (Å²) < 4.78 is 0. The number of primary amides is 1. The summed E-state index contributed by atoms with van der Waals surface area (Å²) in [4.78, 5) is 92.1. The molecule has 3 aromatic rings. The van der Waals surface area contributed by atoms with Gasteiger partial charge in [0.1, 0.15) is 6.04 Å². The molecule has 10 rings (SSSR count). The van der Waals surface area contributed by atoms with Crippen molar-refractivity contribution in [3.05, 3.63) is 64.8 Å². The second kappa shape index (κ2) is 14.3. The molecule has 7 amide bonds. The van der Waals surface area contributed by atoms with Gasteiger partial charge >= 0.3 is 6.03 Å². The van der Waals surface area contributed by atoms with Crippen LogP contribution in [0.4, 0.5) is 27.9 Å². The van der Waals surface area contributed by atoms with Gasteiger partial charge in [0.25, 0.3) is 17.7 Å². The first-order valence-electron chi connectivity index (χ1n) is 20.5. The predicted molar refractivity (Wildman–Crippen MR) is 213 cm³/mol. The maximum atomic E-state index is 13.3. The minimum Gasteiger partial charge on any atom is -0.368 e. The molecule has 1 aliphatic carbocycles. The number of aromatic nitrogens is 3. The van der Waals surface area contributed by atoms with Gasteiger partial charge in [-0.15, -0.1) is 10.2 Å². The van der Waals surface area contributed by atoms with Gasteiger partial charge < -0.3 is 30.7 Å². The van der Waals surface area contributed by atoms with Crippen LogP contribution in [-0.4, -0.2) is 147 Å². The Morgan fingerprint density at radius 1 is 0.831 bits per heavy atom. The molecule has 1 aromatic heterocycles. The van der Waals surface area contributed by atoms with Crippen LogP contribution < -0.4 is 26.2 Å². The van der Waals surface area contributed by atoms with Crippen molar-refractivity contribution < 1.29 is 28.8 Å². The average molecular weight is 803 g/mol. The SMILES string of the molecule is CN1CCN(C2CC3CC2N(c2nnc(C(N)=O)c(Nc4ccc(C5CCN(C6CN(c7ccc8c(c7)C(=O)N(C7CCC(=O)NC7=O)C8=O)C6)CC5)cc4)n2)C3)C1=O. The maximum absolute atomic E-state index is 13.3. The Hall–Kier alpha value is -6.17. The quantitative estimate of drug-likeness (QED) is 0.263. The van der Waals surface area contributed by atoms with Gasteiger partial charge in [0.15, 0.2) is 11.5 Å². The lowest BCUT2D eigenvalue weighted by molar-refractivity contribution is -0.136. The number of fused-ring (bicyclic) bond motifs is 3. The molecule has 0 radical (unpaired) electrons. The van der Waals surface area contributed by atoms with Gasteiger partial charge in [0.05, 0.1) is 23.2 Å². The van der Waals surface area contributed by atoms with Crippen LogP contribution in [0.1, 0.15) is 81.2 Å². The van der Waals surface area contributed by atoms with Crippen molar-refractivity contribution >= 4 is 58.7 Å². The number of likely N-dealkylation sites (tertiary alicyclic amines) is 1. The zero-order chi connectivity index (χ0) is 40.7. The fourth-order valence-corrected chi connectivity index (χ4v) is 10.4. The lowest BCUT2D eigenvalue weighted by Gasteiger charge is -2.48. The van der Waals surface area contributed by atoms with E-state index in [1.165, 1.54) is 5.56 Å². The first-order valence-corrected chi connectivity index (χ1v) is 20.5. The minimum absolute atomic E-state index is 0.0341. The highest BCUT2D eigenvalue weighted by atomic mass is 16.2. The number of benzene rings is 2. The van der Waals surface area contributed by atoms with E-state index in [0.717, 1.165) is 81.2 Å². The van der Waals surface area contributed by atoms with E-state index >= 15 is 0 Å². The fourth-order valence-electron chi connectivity index (χ4n) is 10.4. The maximum Gasteiger partial charge on any atom is 0.320 e. The Balaban J connectivity index is 0.739. The summed E-state index contributed by atoms with van der Waals surface area (Å²) in [6.07, 6.45) is 4.16. The molecule has 2 bridgehead atoms. The van der Waals surface area contributed by atoms with Gasteiger partial charge in [0, 0.05) is 63.6 Å².